The molecule has 0 amide bonds. The number of hydrogen-bond acceptors (Lipinski definition) is 5. The number of aryl methyl sites for hydroxylation is 1. The summed E-state index contributed by atoms with van der Waals surface area (Å²) in [5.74, 6) is -0.223. The van der Waals surface area contributed by atoms with Crippen LogP contribution in [0.2, 0.25) is 0 Å². The molecule has 0 spiro atoms. The van der Waals surface area contributed by atoms with Crippen LogP contribution < -0.4 is 5.32 Å². The van der Waals surface area contributed by atoms with Crippen molar-refractivity contribution >= 4 is 0 Å². The lowest BCUT2D eigenvalue weighted by Crippen LogP contribution is -2.22. The van der Waals surface area contributed by atoms with E-state index >= 15 is 0 Å². The molecule has 0 aromatic heterocycles. The van der Waals surface area contributed by atoms with Crippen molar-refractivity contribution < 1.29 is 29.7 Å². The zero-order valence-electron chi connectivity index (χ0n) is 24.2. The number of ether oxygens (including phenoxy) is 1. The van der Waals surface area contributed by atoms with Crippen LogP contribution in [0.5, 0.6) is 5.75 Å². The van der Waals surface area contributed by atoms with Crippen molar-refractivity contribution in [3.05, 3.63) is 65.2 Å². The van der Waals surface area contributed by atoms with E-state index in [2.05, 4.69) is 5.32 Å². The largest absolute Gasteiger partial charge is 0.508 e. The molecule has 2 aromatic rings. The van der Waals surface area contributed by atoms with Gasteiger partial charge in [0.1, 0.15) is 5.75 Å². The Bertz CT molecular complexity index is 975. The van der Waals surface area contributed by atoms with E-state index < -0.39 is 32.3 Å². The Morgan fingerprint density at radius 3 is 2.47 bits per heavy atom. The van der Waals surface area contributed by atoms with Crippen LogP contribution in [0, 0.1) is 0 Å². The van der Waals surface area contributed by atoms with Gasteiger partial charge in [-0.15, -0.1) is 0 Å². The first-order chi connectivity index (χ1) is 17.2. The maximum absolute atomic E-state index is 10.5. The molecule has 0 aliphatic heterocycles. The van der Waals surface area contributed by atoms with Gasteiger partial charge in [0.25, 0.3) is 0 Å². The van der Waals surface area contributed by atoms with Gasteiger partial charge in [-0.05, 0) is 61.9 Å². The van der Waals surface area contributed by atoms with Crippen LogP contribution in [0.25, 0.3) is 0 Å². The Hall–Kier alpha value is -1.92. The van der Waals surface area contributed by atoms with E-state index in [-0.39, 0.29) is 36.3 Å². The summed E-state index contributed by atoms with van der Waals surface area (Å²) < 4.78 is 61.6. The van der Waals surface area contributed by atoms with Gasteiger partial charge >= 0.3 is 0 Å². The van der Waals surface area contributed by atoms with E-state index in [1.807, 2.05) is 30.3 Å². The van der Waals surface area contributed by atoms with Crippen molar-refractivity contribution in [2.45, 2.75) is 57.6 Å². The molecule has 30 heavy (non-hydrogen) atoms. The number of aliphatic hydroxyl groups is 2. The number of aromatic hydroxyl groups is 1. The monoisotopic (exact) mass is 422 g/mol. The molecular weight excluding hydrogens is 378 g/mol. The van der Waals surface area contributed by atoms with Crippen LogP contribution in [0.15, 0.2) is 48.5 Å². The second kappa shape index (κ2) is 15.0. The highest BCUT2D eigenvalue weighted by Gasteiger charge is 2.09. The van der Waals surface area contributed by atoms with Gasteiger partial charge in [-0.2, -0.15) is 0 Å². The van der Waals surface area contributed by atoms with Gasteiger partial charge in [0, 0.05) is 27.9 Å². The number of aliphatic hydroxyl groups excluding tert-OH is 1. The van der Waals surface area contributed by atoms with Crippen molar-refractivity contribution in [2.24, 2.45) is 0 Å². The summed E-state index contributed by atoms with van der Waals surface area (Å²) in [6, 6.07) is 13.2. The fourth-order valence-corrected chi connectivity index (χ4v) is 2.83. The highest BCUT2D eigenvalue weighted by molar-refractivity contribution is 5.36. The van der Waals surface area contributed by atoms with Crippen LogP contribution in [-0.2, 0) is 17.8 Å². The molecule has 166 valence electrons. The van der Waals surface area contributed by atoms with Gasteiger partial charge < -0.3 is 25.4 Å². The minimum atomic E-state index is -2.69. The summed E-state index contributed by atoms with van der Waals surface area (Å²) in [4.78, 5) is 0. The minimum Gasteiger partial charge on any atom is -0.508 e. The lowest BCUT2D eigenvalue weighted by Gasteiger charge is -2.14. The molecule has 0 saturated carbocycles. The third kappa shape index (κ3) is 9.72. The maximum atomic E-state index is 10.5. The summed E-state index contributed by atoms with van der Waals surface area (Å²) in [5, 5.41) is 32.0. The molecule has 1 unspecified atom stereocenters. The highest BCUT2D eigenvalue weighted by Crippen LogP contribution is 2.22. The summed E-state index contributed by atoms with van der Waals surface area (Å²) in [7, 11) is 0. The zero-order valence-corrected chi connectivity index (χ0v) is 17.2. The van der Waals surface area contributed by atoms with Crippen molar-refractivity contribution in [3.63, 3.8) is 0 Å². The van der Waals surface area contributed by atoms with Gasteiger partial charge in [-0.3, -0.25) is 0 Å². The van der Waals surface area contributed by atoms with Gasteiger partial charge in [-0.25, -0.2) is 0 Å². The Morgan fingerprint density at radius 1 is 0.967 bits per heavy atom. The Kier molecular flexibility index (Phi) is 7.89. The molecule has 2 rings (SSSR count). The van der Waals surface area contributed by atoms with Crippen molar-refractivity contribution in [1.29, 1.82) is 0 Å². The second-order valence-electron chi connectivity index (χ2n) is 6.94. The SMILES string of the molecule is [2H]C([2H])(CCCCCNC([2H])([2H])C([2H])(O)c1ccc(O)c(CO)c1)OC([2H])([2H])CCCc1ccccc1. The molecule has 1 atom stereocenters. The molecule has 0 aliphatic carbocycles. The van der Waals surface area contributed by atoms with Gasteiger partial charge in [-0.1, -0.05) is 49.2 Å². The van der Waals surface area contributed by atoms with E-state index in [4.69, 9.17) is 14.3 Å². The Morgan fingerprint density at radius 2 is 1.70 bits per heavy atom. The molecule has 0 heterocycles. The third-order valence-electron chi connectivity index (χ3n) is 4.54. The number of benzene rings is 2. The molecule has 5 heteroatoms. The molecule has 0 saturated heterocycles. The minimum absolute atomic E-state index is 0.0298. The first-order valence-electron chi connectivity index (χ1n) is 13.8. The van der Waals surface area contributed by atoms with Gasteiger partial charge in [0.05, 0.1) is 19.5 Å². The van der Waals surface area contributed by atoms with E-state index in [1.165, 1.54) is 18.2 Å². The molecule has 0 bridgehead atoms. The predicted octanol–water partition coefficient (Wildman–Crippen LogP) is 4.11. The van der Waals surface area contributed by atoms with E-state index in [0.717, 1.165) is 5.56 Å². The molecular formula is C25H37NO4. The van der Waals surface area contributed by atoms with Gasteiger partial charge in [0.15, 0.2) is 0 Å². The normalized spacial score (nSPS) is 18.1. The van der Waals surface area contributed by atoms with Crippen LogP contribution in [0.1, 0.15) is 70.9 Å². The molecule has 5 nitrogen and oxygen atoms in total. The number of phenols is 1. The zero-order chi connectivity index (χ0) is 27.7. The first-order valence-corrected chi connectivity index (χ1v) is 10.3. The number of unbranched alkanes of at least 4 members (excludes halogenated alkanes) is 2. The van der Waals surface area contributed by atoms with Gasteiger partial charge in [0.2, 0.25) is 0 Å². The van der Waals surface area contributed by atoms with E-state index in [0.29, 0.717) is 32.1 Å². The predicted molar refractivity (Wildman–Crippen MR) is 121 cm³/mol. The van der Waals surface area contributed by atoms with E-state index in [1.54, 1.807) is 0 Å². The average molecular weight is 423 g/mol. The van der Waals surface area contributed by atoms with Crippen LogP contribution in [0.4, 0.5) is 0 Å². The molecule has 0 radical (unpaired) electrons. The lowest BCUT2D eigenvalue weighted by molar-refractivity contribution is 0.126. The molecule has 0 aliphatic rings. The highest BCUT2D eigenvalue weighted by atomic mass is 16.5. The van der Waals surface area contributed by atoms with Crippen LogP contribution in [0.3, 0.4) is 0 Å². The standard InChI is InChI=1S/C25H37NO4/c27-20-23-18-22(13-14-24(23)28)25(29)19-26-15-7-1-2-8-16-30-17-9-6-12-21-10-4-3-5-11-21/h3-5,10-11,13-14,18,25-29H,1-2,6-9,12,15-17,19-20H2/i16D2,17D2,19D2,25D. The second-order valence-corrected chi connectivity index (χ2v) is 6.94. The van der Waals surface area contributed by atoms with E-state index in [9.17, 15) is 15.3 Å². The number of nitrogens with one attached hydrogen (secondary N) is 1. The fourth-order valence-electron chi connectivity index (χ4n) is 2.83. The summed E-state index contributed by atoms with van der Waals surface area (Å²) >= 11 is 0. The van der Waals surface area contributed by atoms with Crippen molar-refractivity contribution in [2.75, 3.05) is 26.2 Å². The summed E-state index contributed by atoms with van der Waals surface area (Å²) in [6.07, 6.45) is -0.164. The van der Waals surface area contributed by atoms with Crippen molar-refractivity contribution in [3.8, 4) is 5.75 Å². The summed E-state index contributed by atoms with van der Waals surface area (Å²) in [5.41, 5.74) is 1.02. The van der Waals surface area contributed by atoms with Crippen LogP contribution in [-0.4, -0.2) is 41.5 Å². The molecule has 2 aromatic carbocycles. The Balaban J connectivity index is 1.73. The van der Waals surface area contributed by atoms with Crippen LogP contribution >= 0.6 is 0 Å². The smallest absolute Gasteiger partial charge is 0.121 e. The summed E-state index contributed by atoms with van der Waals surface area (Å²) in [6.45, 7) is -7.23. The quantitative estimate of drug-likeness (QED) is 0.306. The lowest BCUT2D eigenvalue weighted by atomic mass is 10.1. The topological polar surface area (TPSA) is 82.0 Å². The average Bonchev–Trinajstić information content (AvgIpc) is 2.81. The third-order valence-corrected chi connectivity index (χ3v) is 4.54. The molecule has 0 fully saturated rings. The van der Waals surface area contributed by atoms with Crippen molar-refractivity contribution in [1.82, 2.24) is 5.32 Å². The Labute approximate surface area is 190 Å². The maximum Gasteiger partial charge on any atom is 0.121 e. The number of hydrogen-bond donors (Lipinski definition) is 4. The number of rotatable bonds is 16. The fraction of sp³-hybridized carbons (Fsp3) is 0.520. The molecule has 4 N–H and O–H groups in total. The first kappa shape index (κ1) is 15.8.